The highest BCUT2D eigenvalue weighted by Crippen LogP contribution is 2.21. The SMILES string of the molecule is CCNC(=NCc1cc(F)ccc1CS(C)(=O)=O)NCCCCC(C)(C)C.I. The van der Waals surface area contributed by atoms with E-state index in [1.54, 1.807) is 0 Å². The number of unbranched alkanes of at least 4 members (excludes halogenated alkanes) is 1. The Morgan fingerprint density at radius 3 is 2.39 bits per heavy atom. The number of nitrogens with zero attached hydrogens (tertiary/aromatic N) is 1. The summed E-state index contributed by atoms with van der Waals surface area (Å²) < 4.78 is 36.8. The monoisotopic (exact) mass is 527 g/mol. The molecule has 0 aliphatic carbocycles. The van der Waals surface area contributed by atoms with Gasteiger partial charge >= 0.3 is 0 Å². The van der Waals surface area contributed by atoms with Gasteiger partial charge in [-0.2, -0.15) is 0 Å². The van der Waals surface area contributed by atoms with Gasteiger partial charge in [0, 0.05) is 19.3 Å². The Bertz CT molecular complexity index is 731. The fourth-order valence-electron chi connectivity index (χ4n) is 2.66. The van der Waals surface area contributed by atoms with E-state index in [1.165, 1.54) is 30.9 Å². The molecule has 0 saturated heterocycles. The molecular formula is C20H35FIN3O2S. The lowest BCUT2D eigenvalue weighted by Gasteiger charge is -2.18. The van der Waals surface area contributed by atoms with Crippen LogP contribution in [-0.2, 0) is 22.1 Å². The van der Waals surface area contributed by atoms with Gasteiger partial charge in [-0.15, -0.1) is 24.0 Å². The molecule has 0 aromatic heterocycles. The molecule has 1 aromatic rings. The van der Waals surface area contributed by atoms with Crippen LogP contribution in [0.3, 0.4) is 0 Å². The van der Waals surface area contributed by atoms with Crippen molar-refractivity contribution < 1.29 is 12.8 Å². The number of rotatable bonds is 9. The van der Waals surface area contributed by atoms with Crippen LogP contribution in [0, 0.1) is 11.2 Å². The highest BCUT2D eigenvalue weighted by molar-refractivity contribution is 14.0. The third-order valence-electron chi connectivity index (χ3n) is 3.98. The molecule has 5 nitrogen and oxygen atoms in total. The zero-order chi connectivity index (χ0) is 20.5. The number of benzene rings is 1. The van der Waals surface area contributed by atoms with E-state index in [0.29, 0.717) is 29.0 Å². The van der Waals surface area contributed by atoms with Crippen LogP contribution in [0.2, 0.25) is 0 Å². The Balaban J connectivity index is 0.00000729. The van der Waals surface area contributed by atoms with Gasteiger partial charge in [-0.3, -0.25) is 0 Å². The minimum atomic E-state index is -3.20. The number of aliphatic imine (C=N–C) groups is 1. The normalized spacial score (nSPS) is 12.4. The Kier molecular flexibility index (Phi) is 12.2. The van der Waals surface area contributed by atoms with Crippen LogP contribution in [0.1, 0.15) is 58.1 Å². The van der Waals surface area contributed by atoms with E-state index in [2.05, 4.69) is 36.4 Å². The van der Waals surface area contributed by atoms with Crippen molar-refractivity contribution in [2.24, 2.45) is 10.4 Å². The second-order valence-electron chi connectivity index (χ2n) is 8.12. The number of nitrogens with one attached hydrogen (secondary N) is 2. The van der Waals surface area contributed by atoms with Gasteiger partial charge in [0.2, 0.25) is 0 Å². The third kappa shape index (κ3) is 12.5. The van der Waals surface area contributed by atoms with E-state index in [4.69, 9.17) is 0 Å². The maximum absolute atomic E-state index is 13.6. The molecule has 0 heterocycles. The van der Waals surface area contributed by atoms with Crippen molar-refractivity contribution in [3.05, 3.63) is 35.1 Å². The van der Waals surface area contributed by atoms with Crippen LogP contribution < -0.4 is 10.6 Å². The molecule has 1 aromatic carbocycles. The molecular weight excluding hydrogens is 492 g/mol. The summed E-state index contributed by atoms with van der Waals surface area (Å²) in [5.41, 5.74) is 1.51. The quantitative estimate of drug-likeness (QED) is 0.218. The summed E-state index contributed by atoms with van der Waals surface area (Å²) in [6, 6.07) is 4.16. The molecule has 0 amide bonds. The van der Waals surface area contributed by atoms with Crippen molar-refractivity contribution >= 4 is 39.8 Å². The van der Waals surface area contributed by atoms with Gasteiger partial charge in [-0.05, 0) is 48.4 Å². The number of hydrogen-bond donors (Lipinski definition) is 2. The predicted molar refractivity (Wildman–Crippen MR) is 126 cm³/mol. The molecule has 2 N–H and O–H groups in total. The standard InChI is InChI=1S/C20H34FN3O2S.HI/c1-6-22-19(23-12-8-7-11-20(2,3)4)24-14-17-13-18(21)10-9-16(17)15-27(5,25)26;/h9-10,13H,6-8,11-12,14-15H2,1-5H3,(H2,22,23,24);1H. The van der Waals surface area contributed by atoms with Crippen LogP contribution in [0.4, 0.5) is 4.39 Å². The lowest BCUT2D eigenvalue weighted by molar-refractivity contribution is 0.360. The maximum atomic E-state index is 13.6. The van der Waals surface area contributed by atoms with E-state index in [1.807, 2.05) is 6.92 Å². The summed E-state index contributed by atoms with van der Waals surface area (Å²) in [5, 5.41) is 6.46. The summed E-state index contributed by atoms with van der Waals surface area (Å²) in [4.78, 5) is 4.49. The maximum Gasteiger partial charge on any atom is 0.191 e. The van der Waals surface area contributed by atoms with Crippen LogP contribution in [0.25, 0.3) is 0 Å². The minimum absolute atomic E-state index is 0. The van der Waals surface area contributed by atoms with E-state index >= 15 is 0 Å². The highest BCUT2D eigenvalue weighted by atomic mass is 127. The lowest BCUT2D eigenvalue weighted by Crippen LogP contribution is -2.37. The number of halogens is 2. The average molecular weight is 527 g/mol. The summed E-state index contributed by atoms with van der Waals surface area (Å²) in [6.07, 6.45) is 4.52. The number of guanidine groups is 1. The molecule has 1 rings (SSSR count). The van der Waals surface area contributed by atoms with E-state index in [9.17, 15) is 12.8 Å². The van der Waals surface area contributed by atoms with Crippen molar-refractivity contribution in [2.75, 3.05) is 19.3 Å². The largest absolute Gasteiger partial charge is 0.357 e. The predicted octanol–water partition coefficient (Wildman–Crippen LogP) is 4.26. The van der Waals surface area contributed by atoms with E-state index < -0.39 is 15.7 Å². The first-order chi connectivity index (χ1) is 12.5. The van der Waals surface area contributed by atoms with E-state index in [-0.39, 0.29) is 36.3 Å². The molecule has 0 atom stereocenters. The summed E-state index contributed by atoms with van der Waals surface area (Å²) in [7, 11) is -3.20. The zero-order valence-electron chi connectivity index (χ0n) is 17.6. The van der Waals surface area contributed by atoms with Gasteiger partial charge in [0.15, 0.2) is 15.8 Å². The van der Waals surface area contributed by atoms with Gasteiger partial charge in [0.1, 0.15) is 5.82 Å². The summed E-state index contributed by atoms with van der Waals surface area (Å²) >= 11 is 0. The molecule has 0 aliphatic heterocycles. The number of sulfone groups is 1. The molecule has 0 fully saturated rings. The summed E-state index contributed by atoms with van der Waals surface area (Å²) in [6.45, 7) is 10.4. The van der Waals surface area contributed by atoms with Crippen molar-refractivity contribution in [1.82, 2.24) is 10.6 Å². The van der Waals surface area contributed by atoms with Crippen LogP contribution in [0.5, 0.6) is 0 Å². The third-order valence-corrected chi connectivity index (χ3v) is 4.82. The fraction of sp³-hybridized carbons (Fsp3) is 0.650. The van der Waals surface area contributed by atoms with Crippen LogP contribution in [0.15, 0.2) is 23.2 Å². The van der Waals surface area contributed by atoms with Gasteiger partial charge in [0.05, 0.1) is 12.3 Å². The van der Waals surface area contributed by atoms with Crippen molar-refractivity contribution in [1.29, 1.82) is 0 Å². The first-order valence-corrected chi connectivity index (χ1v) is 11.5. The van der Waals surface area contributed by atoms with Crippen molar-refractivity contribution in [3.63, 3.8) is 0 Å². The molecule has 0 radical (unpaired) electrons. The second kappa shape index (κ2) is 12.6. The van der Waals surface area contributed by atoms with Crippen LogP contribution in [-0.4, -0.2) is 33.7 Å². The minimum Gasteiger partial charge on any atom is -0.357 e. The van der Waals surface area contributed by atoms with Gasteiger partial charge in [-0.25, -0.2) is 17.8 Å². The second-order valence-corrected chi connectivity index (χ2v) is 10.3. The van der Waals surface area contributed by atoms with Gasteiger partial charge in [0.25, 0.3) is 0 Å². The topological polar surface area (TPSA) is 70.6 Å². The first kappa shape index (κ1) is 27.1. The van der Waals surface area contributed by atoms with Crippen molar-refractivity contribution in [3.8, 4) is 0 Å². The Hall–Kier alpha value is -0.900. The fourth-order valence-corrected chi connectivity index (χ4v) is 3.50. The molecule has 0 saturated carbocycles. The molecule has 0 bridgehead atoms. The molecule has 162 valence electrons. The van der Waals surface area contributed by atoms with Crippen molar-refractivity contribution in [2.45, 2.75) is 59.3 Å². The van der Waals surface area contributed by atoms with Gasteiger partial charge < -0.3 is 10.6 Å². The zero-order valence-corrected chi connectivity index (χ0v) is 20.8. The Morgan fingerprint density at radius 2 is 1.82 bits per heavy atom. The highest BCUT2D eigenvalue weighted by Gasteiger charge is 2.11. The van der Waals surface area contributed by atoms with E-state index in [0.717, 1.165) is 19.4 Å². The first-order valence-electron chi connectivity index (χ1n) is 9.47. The average Bonchev–Trinajstić information content (AvgIpc) is 2.52. The molecule has 0 unspecified atom stereocenters. The molecule has 28 heavy (non-hydrogen) atoms. The molecule has 0 spiro atoms. The molecule has 0 aliphatic rings. The Morgan fingerprint density at radius 1 is 1.14 bits per heavy atom. The summed E-state index contributed by atoms with van der Waals surface area (Å²) in [5.74, 6) is 0.148. The van der Waals surface area contributed by atoms with Crippen LogP contribution >= 0.6 is 24.0 Å². The lowest BCUT2D eigenvalue weighted by atomic mass is 9.90. The smallest absolute Gasteiger partial charge is 0.191 e. The number of hydrogen-bond acceptors (Lipinski definition) is 3. The Labute approximate surface area is 186 Å². The molecule has 8 heteroatoms. The van der Waals surface area contributed by atoms with Gasteiger partial charge in [-0.1, -0.05) is 33.3 Å².